The second-order valence-corrected chi connectivity index (χ2v) is 9.14. The first-order chi connectivity index (χ1) is 12.8. The van der Waals surface area contributed by atoms with E-state index < -0.39 is 22.2 Å². The fraction of sp³-hybridized carbons (Fsp3) is 0.750. The molecule has 1 unspecified atom stereocenters. The highest BCUT2D eigenvalue weighted by atomic mass is 32.2. The number of aromatic nitrogens is 2. The minimum atomic E-state index is -5.08. The van der Waals surface area contributed by atoms with Gasteiger partial charge in [0.05, 0.1) is 12.8 Å². The zero-order chi connectivity index (χ0) is 21.2. The number of nitrogens with zero attached hydrogens (tertiary/aromatic N) is 4. The molecular formula is C16H25F3N4O4S. The van der Waals surface area contributed by atoms with E-state index in [9.17, 15) is 21.6 Å². The number of piperidine rings is 1. The molecule has 0 aliphatic carbocycles. The normalized spacial score (nSPS) is 24.2. The molecule has 1 N–H and O–H groups in total. The Morgan fingerprint density at radius 3 is 2.32 bits per heavy atom. The fourth-order valence-corrected chi connectivity index (χ4v) is 5.33. The molecular weight excluding hydrogens is 401 g/mol. The maximum Gasteiger partial charge on any atom is 0.490 e. The summed E-state index contributed by atoms with van der Waals surface area (Å²) in [6.45, 7) is 3.32. The van der Waals surface area contributed by atoms with Gasteiger partial charge in [-0.2, -0.15) is 17.5 Å². The number of halogens is 3. The first kappa shape index (κ1) is 22.6. The monoisotopic (exact) mass is 426 g/mol. The van der Waals surface area contributed by atoms with E-state index in [1.165, 1.54) is 6.26 Å². The molecule has 0 bridgehead atoms. The summed E-state index contributed by atoms with van der Waals surface area (Å²) in [7, 11) is -1.12. The molecule has 2 saturated heterocycles. The highest BCUT2D eigenvalue weighted by Crippen LogP contribution is 2.39. The number of aryl methyl sites for hydroxylation is 1. The lowest BCUT2D eigenvalue weighted by molar-refractivity contribution is -0.192. The summed E-state index contributed by atoms with van der Waals surface area (Å²) >= 11 is 0. The molecule has 3 heterocycles. The zero-order valence-electron chi connectivity index (χ0n) is 15.8. The van der Waals surface area contributed by atoms with Gasteiger partial charge in [0.2, 0.25) is 10.0 Å². The average Bonchev–Trinajstić information content (AvgIpc) is 3.14. The van der Waals surface area contributed by atoms with Crippen LogP contribution in [-0.2, 0) is 28.4 Å². The van der Waals surface area contributed by atoms with E-state index in [0.717, 1.165) is 51.1 Å². The van der Waals surface area contributed by atoms with Crippen molar-refractivity contribution < 1.29 is 31.5 Å². The first-order valence-corrected chi connectivity index (χ1v) is 10.7. The van der Waals surface area contributed by atoms with E-state index in [4.69, 9.17) is 9.90 Å². The SMILES string of the molecule is Cn1ccnc1CN1CCCC2(CCCN2S(C)(=O)=O)C1.O=C(O)C(F)(F)F. The Bertz CT molecular complexity index is 796. The summed E-state index contributed by atoms with van der Waals surface area (Å²) in [4.78, 5) is 15.6. The van der Waals surface area contributed by atoms with Crippen molar-refractivity contribution in [3.05, 3.63) is 18.2 Å². The largest absolute Gasteiger partial charge is 0.490 e. The number of carboxylic acids is 1. The zero-order valence-corrected chi connectivity index (χ0v) is 16.6. The third kappa shape index (κ3) is 5.45. The smallest absolute Gasteiger partial charge is 0.475 e. The molecule has 0 saturated carbocycles. The van der Waals surface area contributed by atoms with Gasteiger partial charge in [-0.25, -0.2) is 18.2 Å². The molecule has 0 aromatic carbocycles. The lowest BCUT2D eigenvalue weighted by atomic mass is 9.87. The number of alkyl halides is 3. The molecule has 2 aliphatic heterocycles. The number of imidazole rings is 1. The van der Waals surface area contributed by atoms with Gasteiger partial charge in [0, 0.05) is 38.1 Å². The van der Waals surface area contributed by atoms with E-state index in [0.29, 0.717) is 6.54 Å². The van der Waals surface area contributed by atoms with Crippen LogP contribution in [0.1, 0.15) is 31.5 Å². The van der Waals surface area contributed by atoms with Crippen molar-refractivity contribution in [3.63, 3.8) is 0 Å². The molecule has 2 aliphatic rings. The van der Waals surface area contributed by atoms with E-state index >= 15 is 0 Å². The van der Waals surface area contributed by atoms with Gasteiger partial charge in [0.1, 0.15) is 5.82 Å². The standard InChI is InChI=1S/C14H24N4O2S.C2HF3O2/c1-16-10-7-15-13(16)11-17-8-3-5-14(12-17)6-4-9-18(14)21(2,19)20;3-2(4,5)1(6)7/h7,10H,3-6,8-9,11-12H2,1-2H3;(H,6,7). The summed E-state index contributed by atoms with van der Waals surface area (Å²) in [6, 6.07) is 0. The summed E-state index contributed by atoms with van der Waals surface area (Å²) in [6.07, 6.45) is 4.02. The van der Waals surface area contributed by atoms with Gasteiger partial charge in [-0.05, 0) is 32.2 Å². The highest BCUT2D eigenvalue weighted by Gasteiger charge is 2.47. The number of rotatable bonds is 3. The Hall–Kier alpha value is -1.66. The van der Waals surface area contributed by atoms with E-state index in [1.54, 1.807) is 4.31 Å². The van der Waals surface area contributed by atoms with Crippen molar-refractivity contribution in [2.24, 2.45) is 7.05 Å². The minimum absolute atomic E-state index is 0.184. The molecule has 28 heavy (non-hydrogen) atoms. The quantitative estimate of drug-likeness (QED) is 0.786. The van der Waals surface area contributed by atoms with Gasteiger partial charge in [0.25, 0.3) is 0 Å². The van der Waals surface area contributed by atoms with Crippen LogP contribution in [0.25, 0.3) is 0 Å². The van der Waals surface area contributed by atoms with Gasteiger partial charge in [-0.1, -0.05) is 0 Å². The molecule has 2 fully saturated rings. The van der Waals surface area contributed by atoms with Crippen LogP contribution in [0.5, 0.6) is 0 Å². The van der Waals surface area contributed by atoms with Crippen LogP contribution >= 0.6 is 0 Å². The number of hydrogen-bond donors (Lipinski definition) is 1. The Morgan fingerprint density at radius 2 is 1.86 bits per heavy atom. The van der Waals surface area contributed by atoms with Crippen LogP contribution < -0.4 is 0 Å². The van der Waals surface area contributed by atoms with Gasteiger partial charge in [-0.3, -0.25) is 4.90 Å². The van der Waals surface area contributed by atoms with Crippen LogP contribution in [0.2, 0.25) is 0 Å². The summed E-state index contributed by atoms with van der Waals surface area (Å²) in [5.74, 6) is -1.72. The Kier molecular flexibility index (Phi) is 6.77. The van der Waals surface area contributed by atoms with Crippen molar-refractivity contribution >= 4 is 16.0 Å². The second kappa shape index (κ2) is 8.37. The third-order valence-electron chi connectivity index (χ3n) is 5.10. The van der Waals surface area contributed by atoms with Crippen molar-refractivity contribution in [1.82, 2.24) is 18.8 Å². The average molecular weight is 426 g/mol. The lowest BCUT2D eigenvalue weighted by Crippen LogP contribution is -2.56. The minimum Gasteiger partial charge on any atom is -0.475 e. The van der Waals surface area contributed by atoms with Crippen molar-refractivity contribution in [2.75, 3.05) is 25.9 Å². The Labute approximate surface area is 162 Å². The number of hydrogen-bond acceptors (Lipinski definition) is 5. The van der Waals surface area contributed by atoms with Gasteiger partial charge in [0.15, 0.2) is 0 Å². The molecule has 8 nitrogen and oxygen atoms in total. The van der Waals surface area contributed by atoms with Crippen LogP contribution in [0, 0.1) is 0 Å². The maximum absolute atomic E-state index is 12.1. The molecule has 0 amide bonds. The molecule has 160 valence electrons. The topological polar surface area (TPSA) is 95.7 Å². The molecule has 12 heteroatoms. The lowest BCUT2D eigenvalue weighted by Gasteiger charge is -2.44. The fourth-order valence-electron chi connectivity index (χ4n) is 3.93. The first-order valence-electron chi connectivity index (χ1n) is 8.82. The van der Waals surface area contributed by atoms with Gasteiger partial charge in [-0.15, -0.1) is 0 Å². The molecule has 1 aromatic rings. The van der Waals surface area contributed by atoms with Crippen LogP contribution in [0.3, 0.4) is 0 Å². The second-order valence-electron chi connectivity index (χ2n) is 7.23. The number of likely N-dealkylation sites (tertiary alicyclic amines) is 1. The van der Waals surface area contributed by atoms with Crippen molar-refractivity contribution in [2.45, 2.75) is 43.9 Å². The predicted molar refractivity (Wildman–Crippen MR) is 94.9 cm³/mol. The summed E-state index contributed by atoms with van der Waals surface area (Å²) in [5, 5.41) is 7.12. The van der Waals surface area contributed by atoms with Crippen LogP contribution in [-0.4, -0.2) is 75.9 Å². The number of sulfonamides is 1. The van der Waals surface area contributed by atoms with E-state index in [2.05, 4.69) is 9.88 Å². The number of aliphatic carboxylic acids is 1. The van der Waals surface area contributed by atoms with E-state index in [-0.39, 0.29) is 5.54 Å². The van der Waals surface area contributed by atoms with Gasteiger partial charge < -0.3 is 9.67 Å². The summed E-state index contributed by atoms with van der Waals surface area (Å²) < 4.78 is 59.7. The number of carboxylic acid groups (broad SMARTS) is 1. The highest BCUT2D eigenvalue weighted by molar-refractivity contribution is 7.88. The summed E-state index contributed by atoms with van der Waals surface area (Å²) in [5.41, 5.74) is -0.184. The molecule has 1 spiro atoms. The molecule has 0 radical (unpaired) electrons. The number of carbonyl (C=O) groups is 1. The third-order valence-corrected chi connectivity index (χ3v) is 6.47. The predicted octanol–water partition coefficient (Wildman–Crippen LogP) is 1.44. The van der Waals surface area contributed by atoms with Gasteiger partial charge >= 0.3 is 12.1 Å². The Morgan fingerprint density at radius 1 is 1.29 bits per heavy atom. The van der Waals surface area contributed by atoms with Crippen molar-refractivity contribution in [3.8, 4) is 0 Å². The van der Waals surface area contributed by atoms with Crippen molar-refractivity contribution in [1.29, 1.82) is 0 Å². The molecule has 1 aromatic heterocycles. The Balaban J connectivity index is 0.000000345. The van der Waals surface area contributed by atoms with Crippen LogP contribution in [0.15, 0.2) is 12.4 Å². The molecule has 1 atom stereocenters. The van der Waals surface area contributed by atoms with Crippen LogP contribution in [0.4, 0.5) is 13.2 Å². The maximum atomic E-state index is 12.1. The van der Waals surface area contributed by atoms with E-state index in [1.807, 2.05) is 24.0 Å². The molecule has 3 rings (SSSR count).